The third-order valence-corrected chi connectivity index (χ3v) is 3.09. The fourth-order valence-electron chi connectivity index (χ4n) is 1.44. The molecule has 1 aromatic rings. The van der Waals surface area contributed by atoms with Crippen LogP contribution in [0.25, 0.3) is 0 Å². The van der Waals surface area contributed by atoms with Crippen molar-refractivity contribution in [3.8, 4) is 0 Å². The van der Waals surface area contributed by atoms with Crippen LogP contribution in [0.1, 0.15) is 25.0 Å². The van der Waals surface area contributed by atoms with Gasteiger partial charge in [-0.3, -0.25) is 9.69 Å². The Balaban J connectivity index is 2.91. The van der Waals surface area contributed by atoms with Crippen LogP contribution in [-0.4, -0.2) is 28.6 Å². The molecule has 0 amide bonds. The Hall–Kier alpha value is -1.42. The number of hydrogen-bond acceptors (Lipinski definition) is 2. The number of carbonyl (C=O) groups is 1. The van der Waals surface area contributed by atoms with Crippen LogP contribution in [0.4, 0.5) is 4.39 Å². The summed E-state index contributed by atoms with van der Waals surface area (Å²) in [6, 6.07) is 4.84. The Morgan fingerprint density at radius 3 is 2.59 bits per heavy atom. The van der Waals surface area contributed by atoms with E-state index in [0.29, 0.717) is 5.56 Å². The zero-order valence-corrected chi connectivity index (χ0v) is 10.6. The van der Waals surface area contributed by atoms with E-state index < -0.39 is 11.5 Å². The predicted octanol–water partition coefficient (Wildman–Crippen LogP) is 2.43. The summed E-state index contributed by atoms with van der Waals surface area (Å²) in [6.07, 6.45) is 0. The Kier molecular flexibility index (Phi) is 3.88. The first-order valence-electron chi connectivity index (χ1n) is 5.45. The van der Waals surface area contributed by atoms with Crippen LogP contribution in [0, 0.1) is 12.7 Å². The van der Waals surface area contributed by atoms with E-state index in [1.807, 2.05) is 6.92 Å². The Labute approximate surface area is 101 Å². The van der Waals surface area contributed by atoms with Gasteiger partial charge >= 0.3 is 5.97 Å². The second-order valence-electron chi connectivity index (χ2n) is 4.82. The van der Waals surface area contributed by atoms with Crippen LogP contribution in [0.15, 0.2) is 18.2 Å². The summed E-state index contributed by atoms with van der Waals surface area (Å²) in [5.74, 6) is -1.23. The number of carboxylic acid groups (broad SMARTS) is 1. The first-order chi connectivity index (χ1) is 7.75. The number of halogens is 1. The number of aliphatic carboxylic acids is 1. The zero-order valence-electron chi connectivity index (χ0n) is 10.6. The summed E-state index contributed by atoms with van der Waals surface area (Å²) < 4.78 is 13.5. The third-order valence-electron chi connectivity index (χ3n) is 3.09. The lowest BCUT2D eigenvalue weighted by Crippen LogP contribution is -2.47. The van der Waals surface area contributed by atoms with Gasteiger partial charge in [0.2, 0.25) is 0 Å². The minimum absolute atomic E-state index is 0.271. The van der Waals surface area contributed by atoms with Gasteiger partial charge in [0, 0.05) is 12.1 Å². The van der Waals surface area contributed by atoms with Crippen LogP contribution in [0.2, 0.25) is 0 Å². The Morgan fingerprint density at radius 1 is 1.47 bits per heavy atom. The highest BCUT2D eigenvalue weighted by Gasteiger charge is 2.32. The Bertz CT molecular complexity index is 429. The molecule has 0 bridgehead atoms. The molecule has 0 aliphatic heterocycles. The van der Waals surface area contributed by atoms with E-state index in [4.69, 9.17) is 5.11 Å². The maximum atomic E-state index is 13.5. The monoisotopic (exact) mass is 239 g/mol. The van der Waals surface area contributed by atoms with Crippen molar-refractivity contribution in [2.45, 2.75) is 32.9 Å². The molecule has 0 fully saturated rings. The maximum absolute atomic E-state index is 13.5. The molecule has 0 saturated carbocycles. The first-order valence-corrected chi connectivity index (χ1v) is 5.45. The molecular formula is C13H18FNO2. The van der Waals surface area contributed by atoms with Crippen molar-refractivity contribution in [2.75, 3.05) is 7.05 Å². The van der Waals surface area contributed by atoms with E-state index in [1.165, 1.54) is 6.07 Å². The average molecular weight is 239 g/mol. The summed E-state index contributed by atoms with van der Waals surface area (Å²) in [5.41, 5.74) is 0.459. The van der Waals surface area contributed by atoms with E-state index in [2.05, 4.69) is 0 Å². The van der Waals surface area contributed by atoms with Gasteiger partial charge in [0.1, 0.15) is 11.4 Å². The predicted molar refractivity (Wildman–Crippen MR) is 64.3 cm³/mol. The first kappa shape index (κ1) is 13.6. The van der Waals surface area contributed by atoms with Crippen molar-refractivity contribution >= 4 is 5.97 Å². The van der Waals surface area contributed by atoms with Crippen molar-refractivity contribution in [1.29, 1.82) is 0 Å². The van der Waals surface area contributed by atoms with Gasteiger partial charge in [0.05, 0.1) is 0 Å². The molecular weight excluding hydrogens is 221 g/mol. The molecule has 0 aliphatic carbocycles. The largest absolute Gasteiger partial charge is 0.480 e. The van der Waals surface area contributed by atoms with Crippen molar-refractivity contribution in [1.82, 2.24) is 4.90 Å². The van der Waals surface area contributed by atoms with Gasteiger partial charge in [0.25, 0.3) is 0 Å². The SMILES string of the molecule is Cc1ccc(F)c(CN(C)C(C)(C)C(=O)O)c1. The van der Waals surface area contributed by atoms with E-state index in [1.54, 1.807) is 37.9 Å². The number of likely N-dealkylation sites (N-methyl/N-ethyl adjacent to an activating group) is 1. The van der Waals surface area contributed by atoms with Gasteiger partial charge in [-0.15, -0.1) is 0 Å². The molecule has 17 heavy (non-hydrogen) atoms. The van der Waals surface area contributed by atoms with E-state index in [9.17, 15) is 9.18 Å². The lowest BCUT2D eigenvalue weighted by atomic mass is 10.0. The zero-order chi connectivity index (χ0) is 13.2. The Morgan fingerprint density at radius 2 is 2.06 bits per heavy atom. The second-order valence-corrected chi connectivity index (χ2v) is 4.82. The quantitative estimate of drug-likeness (QED) is 0.877. The van der Waals surface area contributed by atoms with E-state index in [-0.39, 0.29) is 12.4 Å². The molecule has 1 N–H and O–H groups in total. The topological polar surface area (TPSA) is 40.5 Å². The minimum Gasteiger partial charge on any atom is -0.480 e. The number of aryl methyl sites for hydroxylation is 1. The van der Waals surface area contributed by atoms with Gasteiger partial charge in [-0.25, -0.2) is 4.39 Å². The molecule has 0 spiro atoms. The third kappa shape index (κ3) is 3.03. The second kappa shape index (κ2) is 4.84. The number of benzene rings is 1. The van der Waals surface area contributed by atoms with E-state index in [0.717, 1.165) is 5.56 Å². The lowest BCUT2D eigenvalue weighted by Gasteiger charge is -2.31. The number of nitrogens with zero attached hydrogens (tertiary/aromatic N) is 1. The number of carboxylic acids is 1. The van der Waals surface area contributed by atoms with Gasteiger partial charge < -0.3 is 5.11 Å². The fraction of sp³-hybridized carbons (Fsp3) is 0.462. The van der Waals surface area contributed by atoms with Crippen molar-refractivity contribution in [3.05, 3.63) is 35.1 Å². The standard InChI is InChI=1S/C13H18FNO2/c1-9-5-6-11(14)10(7-9)8-15(4)13(2,3)12(16)17/h5-7H,8H2,1-4H3,(H,16,17). The van der Waals surface area contributed by atoms with Gasteiger partial charge in [-0.2, -0.15) is 0 Å². The van der Waals surface area contributed by atoms with Gasteiger partial charge in [-0.05, 0) is 33.9 Å². The average Bonchev–Trinajstić information content (AvgIpc) is 2.23. The lowest BCUT2D eigenvalue weighted by molar-refractivity contribution is -0.148. The van der Waals surface area contributed by atoms with Crippen molar-refractivity contribution in [2.24, 2.45) is 0 Å². The molecule has 0 saturated heterocycles. The highest BCUT2D eigenvalue weighted by molar-refractivity contribution is 5.77. The summed E-state index contributed by atoms with van der Waals surface area (Å²) >= 11 is 0. The molecule has 1 rings (SSSR count). The van der Waals surface area contributed by atoms with Crippen LogP contribution in [0.3, 0.4) is 0 Å². The molecule has 0 atom stereocenters. The van der Waals surface area contributed by atoms with Crippen LogP contribution >= 0.6 is 0 Å². The molecule has 4 heteroatoms. The summed E-state index contributed by atoms with van der Waals surface area (Å²) in [7, 11) is 1.68. The van der Waals surface area contributed by atoms with Gasteiger partial charge in [-0.1, -0.05) is 17.7 Å². The normalized spacial score (nSPS) is 11.9. The summed E-state index contributed by atoms with van der Waals surface area (Å²) in [5, 5.41) is 9.08. The van der Waals surface area contributed by atoms with Crippen LogP contribution < -0.4 is 0 Å². The molecule has 94 valence electrons. The van der Waals surface area contributed by atoms with Crippen LogP contribution in [0.5, 0.6) is 0 Å². The molecule has 0 unspecified atom stereocenters. The molecule has 0 aliphatic rings. The molecule has 0 radical (unpaired) electrons. The molecule has 1 aromatic carbocycles. The molecule has 3 nitrogen and oxygen atoms in total. The van der Waals surface area contributed by atoms with Crippen molar-refractivity contribution < 1.29 is 14.3 Å². The maximum Gasteiger partial charge on any atom is 0.323 e. The highest BCUT2D eigenvalue weighted by Crippen LogP contribution is 2.18. The smallest absolute Gasteiger partial charge is 0.323 e. The minimum atomic E-state index is -1.02. The number of rotatable bonds is 4. The molecule has 0 aromatic heterocycles. The number of hydrogen-bond donors (Lipinski definition) is 1. The summed E-state index contributed by atoms with van der Waals surface area (Å²) in [4.78, 5) is 12.7. The van der Waals surface area contributed by atoms with E-state index >= 15 is 0 Å². The summed E-state index contributed by atoms with van der Waals surface area (Å²) in [6.45, 7) is 5.35. The molecule has 0 heterocycles. The fourth-order valence-corrected chi connectivity index (χ4v) is 1.44. The van der Waals surface area contributed by atoms with Crippen LogP contribution in [-0.2, 0) is 11.3 Å². The van der Waals surface area contributed by atoms with Crippen molar-refractivity contribution in [3.63, 3.8) is 0 Å². The van der Waals surface area contributed by atoms with Gasteiger partial charge in [0.15, 0.2) is 0 Å². The highest BCUT2D eigenvalue weighted by atomic mass is 19.1.